The fraction of sp³-hybridized carbons (Fsp3) is 0.133. The van der Waals surface area contributed by atoms with Crippen LogP contribution >= 0.6 is 27.5 Å². The van der Waals surface area contributed by atoms with Gasteiger partial charge in [0.25, 0.3) is 11.6 Å². The van der Waals surface area contributed by atoms with Crippen molar-refractivity contribution in [2.45, 2.75) is 6.92 Å². The van der Waals surface area contributed by atoms with Crippen molar-refractivity contribution in [3.05, 3.63) is 61.6 Å². The summed E-state index contributed by atoms with van der Waals surface area (Å²) >= 11 is 9.28. The Labute approximate surface area is 145 Å². The Morgan fingerprint density at radius 2 is 2.13 bits per heavy atom. The van der Waals surface area contributed by atoms with E-state index in [0.717, 1.165) is 4.47 Å². The van der Waals surface area contributed by atoms with Gasteiger partial charge in [-0.3, -0.25) is 14.9 Å². The normalized spacial score (nSPS) is 10.2. The fourth-order valence-electron chi connectivity index (χ4n) is 1.88. The van der Waals surface area contributed by atoms with E-state index in [1.54, 1.807) is 31.2 Å². The van der Waals surface area contributed by atoms with Gasteiger partial charge in [0.15, 0.2) is 6.61 Å². The number of amides is 1. The first-order valence-corrected chi connectivity index (χ1v) is 7.67. The largest absolute Gasteiger partial charge is 0.483 e. The van der Waals surface area contributed by atoms with E-state index in [4.69, 9.17) is 16.3 Å². The lowest BCUT2D eigenvalue weighted by Gasteiger charge is -2.10. The maximum atomic E-state index is 11.9. The van der Waals surface area contributed by atoms with Crippen molar-refractivity contribution in [2.75, 3.05) is 11.9 Å². The van der Waals surface area contributed by atoms with Gasteiger partial charge in [-0.1, -0.05) is 33.6 Å². The molecule has 6 nitrogen and oxygen atoms in total. The van der Waals surface area contributed by atoms with Crippen molar-refractivity contribution in [3.8, 4) is 5.75 Å². The number of rotatable bonds is 5. The van der Waals surface area contributed by atoms with E-state index in [1.807, 2.05) is 0 Å². The van der Waals surface area contributed by atoms with Crippen LogP contribution in [-0.2, 0) is 4.79 Å². The number of hydrogen-bond acceptors (Lipinski definition) is 4. The minimum atomic E-state index is -0.496. The molecule has 8 heteroatoms. The molecule has 2 rings (SSSR count). The van der Waals surface area contributed by atoms with E-state index in [-0.39, 0.29) is 18.0 Å². The Balaban J connectivity index is 2.02. The molecule has 0 saturated carbocycles. The van der Waals surface area contributed by atoms with Gasteiger partial charge in [0.1, 0.15) is 5.75 Å². The smallest absolute Gasteiger partial charge is 0.276 e. The van der Waals surface area contributed by atoms with Crippen LogP contribution in [0.1, 0.15) is 5.56 Å². The summed E-state index contributed by atoms with van der Waals surface area (Å²) in [5.41, 5.74) is 0.769. The number of hydrogen-bond donors (Lipinski definition) is 1. The van der Waals surface area contributed by atoms with Gasteiger partial charge < -0.3 is 10.1 Å². The summed E-state index contributed by atoms with van der Waals surface area (Å²) in [5.74, 6) is -0.128. The van der Waals surface area contributed by atoms with E-state index in [1.165, 1.54) is 12.1 Å². The van der Waals surface area contributed by atoms with Crippen molar-refractivity contribution in [1.29, 1.82) is 0 Å². The molecular weight excluding hydrogens is 388 g/mol. The molecule has 1 amide bonds. The van der Waals surface area contributed by atoms with Gasteiger partial charge in [-0.05, 0) is 31.2 Å². The minimum Gasteiger partial charge on any atom is -0.483 e. The molecule has 0 aromatic heterocycles. The summed E-state index contributed by atoms with van der Waals surface area (Å²) < 4.78 is 6.15. The van der Waals surface area contributed by atoms with Crippen molar-refractivity contribution >= 4 is 44.8 Å². The Kier molecular flexibility index (Phi) is 5.57. The molecule has 120 valence electrons. The zero-order valence-corrected chi connectivity index (χ0v) is 14.3. The topological polar surface area (TPSA) is 81.5 Å². The molecule has 0 bridgehead atoms. The highest BCUT2D eigenvalue weighted by molar-refractivity contribution is 9.10. The molecule has 0 spiro atoms. The van der Waals surface area contributed by atoms with Gasteiger partial charge in [-0.25, -0.2) is 0 Å². The highest BCUT2D eigenvalue weighted by Crippen LogP contribution is 2.27. The van der Waals surface area contributed by atoms with E-state index >= 15 is 0 Å². The second-order valence-electron chi connectivity index (χ2n) is 4.62. The van der Waals surface area contributed by atoms with Crippen molar-refractivity contribution in [3.63, 3.8) is 0 Å². The molecule has 0 aliphatic heterocycles. The van der Waals surface area contributed by atoms with E-state index in [2.05, 4.69) is 21.2 Å². The SMILES string of the molecule is Cc1c(OCC(=O)Nc2ccc(Br)cc2Cl)cccc1[N+](=O)[O-]. The summed E-state index contributed by atoms with van der Waals surface area (Å²) in [6.45, 7) is 1.28. The maximum absolute atomic E-state index is 11.9. The van der Waals surface area contributed by atoms with E-state index < -0.39 is 10.8 Å². The number of halogens is 2. The molecule has 2 aromatic carbocycles. The highest BCUT2D eigenvalue weighted by atomic mass is 79.9. The standard InChI is InChI=1S/C15H12BrClN2O4/c1-9-13(19(21)22)3-2-4-14(9)23-8-15(20)18-12-6-5-10(16)7-11(12)17/h2-7H,8H2,1H3,(H,18,20). The lowest BCUT2D eigenvalue weighted by atomic mass is 10.2. The molecule has 0 unspecified atom stereocenters. The molecule has 0 fully saturated rings. The van der Waals surface area contributed by atoms with Crippen LogP contribution in [0, 0.1) is 17.0 Å². The molecule has 0 heterocycles. The van der Waals surface area contributed by atoms with E-state index in [9.17, 15) is 14.9 Å². The predicted molar refractivity (Wildman–Crippen MR) is 91.1 cm³/mol. The Morgan fingerprint density at radius 3 is 2.78 bits per heavy atom. The third kappa shape index (κ3) is 4.43. The fourth-order valence-corrected chi connectivity index (χ4v) is 2.60. The summed E-state index contributed by atoms with van der Waals surface area (Å²) in [7, 11) is 0. The first kappa shape index (κ1) is 17.2. The van der Waals surface area contributed by atoms with Crippen molar-refractivity contribution < 1.29 is 14.5 Å². The number of carbonyl (C=O) groups excluding carboxylic acids is 1. The Bertz CT molecular complexity index is 767. The van der Waals surface area contributed by atoms with Crippen LogP contribution < -0.4 is 10.1 Å². The third-order valence-electron chi connectivity index (χ3n) is 3.02. The van der Waals surface area contributed by atoms with Gasteiger partial charge in [0.05, 0.1) is 21.2 Å². The van der Waals surface area contributed by atoms with Crippen LogP contribution in [0.5, 0.6) is 5.75 Å². The summed E-state index contributed by atoms with van der Waals surface area (Å²) in [6, 6.07) is 9.51. The van der Waals surface area contributed by atoms with Gasteiger partial charge in [-0.2, -0.15) is 0 Å². The third-order valence-corrected chi connectivity index (χ3v) is 3.82. The quantitative estimate of drug-likeness (QED) is 0.599. The molecule has 0 atom stereocenters. The van der Waals surface area contributed by atoms with Crippen LogP contribution in [0.2, 0.25) is 5.02 Å². The lowest BCUT2D eigenvalue weighted by molar-refractivity contribution is -0.385. The number of nitrogens with one attached hydrogen (secondary N) is 1. The van der Waals surface area contributed by atoms with Crippen LogP contribution in [0.3, 0.4) is 0 Å². The number of ether oxygens (including phenoxy) is 1. The summed E-state index contributed by atoms with van der Waals surface area (Å²) in [6.07, 6.45) is 0. The molecule has 0 radical (unpaired) electrons. The molecule has 0 aliphatic carbocycles. The zero-order chi connectivity index (χ0) is 17.0. The maximum Gasteiger partial charge on any atom is 0.276 e. The molecule has 0 aliphatic rings. The number of nitro groups is 1. The molecular formula is C15H12BrClN2O4. The highest BCUT2D eigenvalue weighted by Gasteiger charge is 2.15. The molecule has 0 saturated heterocycles. The summed E-state index contributed by atoms with van der Waals surface area (Å²) in [5, 5.41) is 13.9. The lowest BCUT2D eigenvalue weighted by Crippen LogP contribution is -2.20. The van der Waals surface area contributed by atoms with Crippen LogP contribution in [0.25, 0.3) is 0 Å². The Hall–Kier alpha value is -2.12. The van der Waals surface area contributed by atoms with Crippen molar-refractivity contribution in [2.24, 2.45) is 0 Å². The number of nitro benzene ring substituents is 1. The zero-order valence-electron chi connectivity index (χ0n) is 12.0. The van der Waals surface area contributed by atoms with Crippen LogP contribution in [-0.4, -0.2) is 17.4 Å². The number of anilines is 1. The van der Waals surface area contributed by atoms with Gasteiger partial charge >= 0.3 is 0 Å². The van der Waals surface area contributed by atoms with E-state index in [0.29, 0.717) is 16.3 Å². The predicted octanol–water partition coefficient (Wildman–Crippen LogP) is 4.34. The molecule has 1 N–H and O–H groups in total. The molecule has 23 heavy (non-hydrogen) atoms. The van der Waals surface area contributed by atoms with Gasteiger partial charge in [0, 0.05) is 10.5 Å². The summed E-state index contributed by atoms with van der Waals surface area (Å²) in [4.78, 5) is 22.3. The second-order valence-corrected chi connectivity index (χ2v) is 5.94. The van der Waals surface area contributed by atoms with Gasteiger partial charge in [-0.15, -0.1) is 0 Å². The first-order valence-electron chi connectivity index (χ1n) is 6.50. The molecule has 2 aromatic rings. The van der Waals surface area contributed by atoms with Crippen LogP contribution in [0.4, 0.5) is 11.4 Å². The van der Waals surface area contributed by atoms with Gasteiger partial charge in [0.2, 0.25) is 0 Å². The average Bonchev–Trinajstić information content (AvgIpc) is 2.49. The average molecular weight is 400 g/mol. The Morgan fingerprint density at radius 1 is 1.39 bits per heavy atom. The first-order chi connectivity index (χ1) is 10.9. The number of carbonyl (C=O) groups is 1. The monoisotopic (exact) mass is 398 g/mol. The van der Waals surface area contributed by atoms with Crippen LogP contribution in [0.15, 0.2) is 40.9 Å². The number of benzene rings is 2. The van der Waals surface area contributed by atoms with Crippen molar-refractivity contribution in [1.82, 2.24) is 0 Å². The minimum absolute atomic E-state index is 0.0566. The number of nitrogens with zero attached hydrogens (tertiary/aromatic N) is 1. The second kappa shape index (κ2) is 7.43.